The first kappa shape index (κ1) is 17.9. The normalized spacial score (nSPS) is 11.1. The van der Waals surface area contributed by atoms with Crippen molar-refractivity contribution in [3.63, 3.8) is 0 Å². The summed E-state index contributed by atoms with van der Waals surface area (Å²) in [6.45, 7) is 6.89. The molecule has 0 saturated carbocycles. The van der Waals surface area contributed by atoms with Gasteiger partial charge in [0.05, 0.1) is 12.0 Å². The topological polar surface area (TPSA) is 24.8 Å². The van der Waals surface area contributed by atoms with Crippen LogP contribution in [0.25, 0.3) is 0 Å². The van der Waals surface area contributed by atoms with Gasteiger partial charge in [0.25, 0.3) is 0 Å². The lowest BCUT2D eigenvalue weighted by atomic mass is 10.1. The van der Waals surface area contributed by atoms with E-state index in [-0.39, 0.29) is 5.75 Å². The predicted octanol–water partition coefficient (Wildman–Crippen LogP) is 5.38. The molecule has 0 saturated heterocycles. The lowest BCUT2D eigenvalue weighted by Gasteiger charge is -2.13. The van der Waals surface area contributed by atoms with Crippen LogP contribution in [0.4, 0.5) is 14.5 Å². The average molecular weight is 332 g/mol. The first-order valence-electron chi connectivity index (χ1n) is 7.89. The summed E-state index contributed by atoms with van der Waals surface area (Å²) in [4.78, 5) is 6.52. The fraction of sp³-hybridized carbons (Fsp3) is 0.316. The molecule has 0 aliphatic heterocycles. The first-order valence-corrected chi connectivity index (χ1v) is 7.89. The molecule has 2 aromatic rings. The molecule has 0 atom stereocenters. The van der Waals surface area contributed by atoms with Gasteiger partial charge in [-0.1, -0.05) is 6.92 Å². The number of hydrogen-bond donors (Lipinski definition) is 0. The van der Waals surface area contributed by atoms with Crippen molar-refractivity contribution in [1.29, 1.82) is 0 Å². The molecular formula is C19H22F2N2O. The van der Waals surface area contributed by atoms with Gasteiger partial charge in [-0.2, -0.15) is 0 Å². The summed E-state index contributed by atoms with van der Waals surface area (Å²) < 4.78 is 32.0. The first-order chi connectivity index (χ1) is 11.4. The summed E-state index contributed by atoms with van der Waals surface area (Å²) in [7, 11) is 1.98. The summed E-state index contributed by atoms with van der Waals surface area (Å²) in [6.07, 6.45) is 2.86. The maximum Gasteiger partial charge on any atom is 0.162 e. The molecule has 3 nitrogen and oxygen atoms in total. The number of ether oxygens (including phenoxy) is 1. The molecule has 0 fully saturated rings. The van der Waals surface area contributed by atoms with E-state index >= 15 is 0 Å². The van der Waals surface area contributed by atoms with Gasteiger partial charge in [0.1, 0.15) is 11.5 Å². The van der Waals surface area contributed by atoms with Crippen LogP contribution in [0.3, 0.4) is 0 Å². The van der Waals surface area contributed by atoms with Crippen LogP contribution < -0.4 is 4.74 Å². The monoisotopic (exact) mass is 332 g/mol. The van der Waals surface area contributed by atoms with E-state index in [9.17, 15) is 8.78 Å². The van der Waals surface area contributed by atoms with Crippen molar-refractivity contribution in [3.8, 4) is 11.5 Å². The number of nitrogens with zero attached hydrogens (tertiary/aromatic N) is 2. The lowest BCUT2D eigenvalue weighted by molar-refractivity contribution is 0.459. The fourth-order valence-electron chi connectivity index (χ4n) is 2.26. The Labute approximate surface area is 141 Å². The highest BCUT2D eigenvalue weighted by Gasteiger charge is 2.08. The molecule has 0 heterocycles. The zero-order valence-electron chi connectivity index (χ0n) is 14.4. The Hall–Kier alpha value is -2.43. The largest absolute Gasteiger partial charge is 0.457 e. The molecule has 0 aliphatic rings. The molecule has 0 spiro atoms. The van der Waals surface area contributed by atoms with E-state index in [4.69, 9.17) is 4.74 Å². The van der Waals surface area contributed by atoms with E-state index < -0.39 is 11.6 Å². The van der Waals surface area contributed by atoms with E-state index in [0.717, 1.165) is 41.9 Å². The summed E-state index contributed by atoms with van der Waals surface area (Å²) >= 11 is 0. The van der Waals surface area contributed by atoms with Crippen LogP contribution >= 0.6 is 0 Å². The molecule has 0 N–H and O–H groups in total. The molecule has 128 valence electrons. The van der Waals surface area contributed by atoms with Gasteiger partial charge in [0.15, 0.2) is 11.6 Å². The van der Waals surface area contributed by atoms with Gasteiger partial charge in [0.2, 0.25) is 0 Å². The Morgan fingerprint density at radius 1 is 1.08 bits per heavy atom. The minimum absolute atomic E-state index is 0.260. The van der Waals surface area contributed by atoms with Crippen LogP contribution in [0.2, 0.25) is 0 Å². The summed E-state index contributed by atoms with van der Waals surface area (Å²) in [5.41, 5.74) is 2.67. The SMILES string of the molecule is CCCN(C)/C=N/c1cc(C)c(Oc2ccc(F)c(F)c2)cc1C. The molecule has 5 heteroatoms. The van der Waals surface area contributed by atoms with Crippen LogP contribution in [0.1, 0.15) is 24.5 Å². The molecule has 0 aliphatic carbocycles. The smallest absolute Gasteiger partial charge is 0.162 e. The van der Waals surface area contributed by atoms with Crippen molar-refractivity contribution in [1.82, 2.24) is 4.90 Å². The third-order valence-corrected chi connectivity index (χ3v) is 3.58. The molecule has 24 heavy (non-hydrogen) atoms. The zero-order valence-corrected chi connectivity index (χ0v) is 14.4. The van der Waals surface area contributed by atoms with E-state index in [2.05, 4.69) is 11.9 Å². The molecule has 0 amide bonds. The van der Waals surface area contributed by atoms with Crippen molar-refractivity contribution in [2.75, 3.05) is 13.6 Å². The van der Waals surface area contributed by atoms with Gasteiger partial charge >= 0.3 is 0 Å². The molecule has 2 aromatic carbocycles. The number of rotatable bonds is 6. The second-order valence-electron chi connectivity index (χ2n) is 5.81. The van der Waals surface area contributed by atoms with Crippen LogP contribution in [0, 0.1) is 25.5 Å². The van der Waals surface area contributed by atoms with Crippen molar-refractivity contribution in [3.05, 3.63) is 53.1 Å². The average Bonchev–Trinajstić information content (AvgIpc) is 2.53. The van der Waals surface area contributed by atoms with Gasteiger partial charge in [-0.3, -0.25) is 0 Å². The van der Waals surface area contributed by atoms with E-state index in [1.54, 1.807) is 6.34 Å². The molecule has 0 radical (unpaired) electrons. The zero-order chi connectivity index (χ0) is 17.7. The van der Waals surface area contributed by atoms with Crippen molar-refractivity contribution >= 4 is 12.0 Å². The number of aliphatic imine (C=N–C) groups is 1. The Morgan fingerprint density at radius 2 is 1.83 bits per heavy atom. The van der Waals surface area contributed by atoms with E-state index in [1.165, 1.54) is 6.07 Å². The maximum absolute atomic E-state index is 13.3. The van der Waals surface area contributed by atoms with Gasteiger partial charge in [-0.25, -0.2) is 13.8 Å². The molecule has 2 rings (SSSR count). The Kier molecular flexibility index (Phi) is 5.90. The second-order valence-corrected chi connectivity index (χ2v) is 5.81. The quantitative estimate of drug-likeness (QED) is 0.524. The third kappa shape index (κ3) is 4.54. The minimum atomic E-state index is -0.929. The highest BCUT2D eigenvalue weighted by Crippen LogP contribution is 2.31. The summed E-state index contributed by atoms with van der Waals surface area (Å²) in [6, 6.07) is 7.26. The fourth-order valence-corrected chi connectivity index (χ4v) is 2.26. The number of benzene rings is 2. The van der Waals surface area contributed by atoms with Gasteiger partial charge in [0, 0.05) is 19.7 Å². The highest BCUT2D eigenvalue weighted by molar-refractivity contribution is 5.64. The van der Waals surface area contributed by atoms with Crippen molar-refractivity contribution < 1.29 is 13.5 Å². The second kappa shape index (κ2) is 7.90. The van der Waals surface area contributed by atoms with Gasteiger partial charge in [-0.15, -0.1) is 0 Å². The summed E-state index contributed by atoms with van der Waals surface area (Å²) in [5.74, 6) is -0.965. The van der Waals surface area contributed by atoms with E-state index in [0.29, 0.717) is 5.75 Å². The lowest BCUT2D eigenvalue weighted by Crippen LogP contribution is -2.16. The van der Waals surface area contributed by atoms with Crippen molar-refractivity contribution in [2.45, 2.75) is 27.2 Å². The standard InChI is InChI=1S/C19H22F2N2O/c1-5-8-23(4)12-22-18-9-14(3)19(10-13(18)2)24-15-6-7-16(20)17(21)11-15/h6-7,9-12H,5,8H2,1-4H3/b22-12+. The summed E-state index contributed by atoms with van der Waals surface area (Å²) in [5, 5.41) is 0. The van der Waals surface area contributed by atoms with Crippen LogP contribution in [-0.2, 0) is 0 Å². The number of aryl methyl sites for hydroxylation is 2. The number of halogens is 2. The Balaban J connectivity index is 2.21. The molecule has 0 aromatic heterocycles. The molecule has 0 bridgehead atoms. The van der Waals surface area contributed by atoms with Gasteiger partial charge in [-0.05, 0) is 55.7 Å². The number of hydrogen-bond acceptors (Lipinski definition) is 2. The highest BCUT2D eigenvalue weighted by atomic mass is 19.2. The molecule has 0 unspecified atom stereocenters. The Bertz CT molecular complexity index is 744. The maximum atomic E-state index is 13.3. The van der Waals surface area contributed by atoms with Crippen LogP contribution in [0.15, 0.2) is 35.3 Å². The van der Waals surface area contributed by atoms with Crippen LogP contribution in [-0.4, -0.2) is 24.8 Å². The third-order valence-electron chi connectivity index (χ3n) is 3.58. The van der Waals surface area contributed by atoms with Crippen LogP contribution in [0.5, 0.6) is 11.5 Å². The predicted molar refractivity (Wildman–Crippen MR) is 93.4 cm³/mol. The van der Waals surface area contributed by atoms with Crippen molar-refractivity contribution in [2.24, 2.45) is 4.99 Å². The Morgan fingerprint density at radius 3 is 2.50 bits per heavy atom. The van der Waals surface area contributed by atoms with E-state index in [1.807, 2.05) is 37.9 Å². The van der Waals surface area contributed by atoms with Gasteiger partial charge < -0.3 is 9.64 Å². The minimum Gasteiger partial charge on any atom is -0.457 e. The molecular weight excluding hydrogens is 310 g/mol.